The Bertz CT molecular complexity index is 2020. The summed E-state index contributed by atoms with van der Waals surface area (Å²) in [5.74, 6) is -0.195. The Hall–Kier alpha value is -4.03. The number of hydrogen-bond acceptors (Lipinski definition) is 10. The Morgan fingerprint density at radius 2 is 1.51 bits per heavy atom. The van der Waals surface area contributed by atoms with E-state index in [1.807, 2.05) is 13.0 Å². The summed E-state index contributed by atoms with van der Waals surface area (Å²) in [5.41, 5.74) is 7.08. The lowest BCUT2D eigenvalue weighted by Gasteiger charge is -2.24. The van der Waals surface area contributed by atoms with E-state index in [0.717, 1.165) is 49.4 Å². The van der Waals surface area contributed by atoms with Gasteiger partial charge in [-0.3, -0.25) is 14.7 Å². The molecule has 3 aromatic carbocycles. The van der Waals surface area contributed by atoms with Crippen molar-refractivity contribution < 1.29 is 4.79 Å². The van der Waals surface area contributed by atoms with Gasteiger partial charge in [0.1, 0.15) is 31.7 Å². The summed E-state index contributed by atoms with van der Waals surface area (Å²) in [7, 11) is 0. The Balaban J connectivity index is 1.40. The lowest BCUT2D eigenvalue weighted by atomic mass is 10.1. The molecule has 0 saturated carbocycles. The van der Waals surface area contributed by atoms with Gasteiger partial charge in [0.15, 0.2) is 5.04 Å². The zero-order valence-corrected chi connectivity index (χ0v) is 26.7. The molecule has 1 fully saturated rings. The second-order valence-corrected chi connectivity index (χ2v) is 13.2. The van der Waals surface area contributed by atoms with Crippen LogP contribution in [-0.2, 0) is 4.79 Å². The molecule has 1 aliphatic rings. The van der Waals surface area contributed by atoms with Crippen LogP contribution in [0.3, 0.4) is 0 Å². The molecule has 212 valence electrons. The highest BCUT2D eigenvalue weighted by Gasteiger charge is 2.33. The number of nitrogens with zero attached hydrogens (tertiary/aromatic N) is 6. The van der Waals surface area contributed by atoms with Crippen LogP contribution in [0.2, 0.25) is 0 Å². The van der Waals surface area contributed by atoms with Gasteiger partial charge in [-0.05, 0) is 56.8 Å². The molecule has 6 aromatic rings. The van der Waals surface area contributed by atoms with E-state index in [1.54, 1.807) is 22.4 Å². The van der Waals surface area contributed by atoms with Crippen molar-refractivity contribution in [3.8, 4) is 10.6 Å². The molecule has 7 rings (SSSR count). The molecule has 0 atom stereocenters. The molecule has 0 N–H and O–H groups in total. The Labute approximate surface area is 266 Å². The number of fused-ring (bicyclic) bond motifs is 2. The van der Waals surface area contributed by atoms with Crippen LogP contribution in [0, 0.1) is 13.8 Å². The Morgan fingerprint density at radius 1 is 0.884 bits per heavy atom. The third kappa shape index (κ3) is 4.92. The highest BCUT2D eigenvalue weighted by molar-refractivity contribution is 8.35. The Kier molecular flexibility index (Phi) is 7.26. The molecular formula is C32H24N6OS4. The van der Waals surface area contributed by atoms with Crippen molar-refractivity contribution >= 4 is 106 Å². The standard InChI is InChI=1S/C32H24N6OS4/c1-4-37-30(39)29(42-32(37)40)34-24-17-33-27(26-25(24)35-43-36-26)28-22-7-5-6-8-23(22)31(41-28)38(20-13-9-18(2)10-14-20)21-15-11-19(3)12-16-21/h5-17H,4H2,1-3H3. The molecule has 43 heavy (non-hydrogen) atoms. The molecule has 0 unspecified atom stereocenters. The average Bonchev–Trinajstić information content (AvgIpc) is 3.72. The molecule has 4 heterocycles. The Morgan fingerprint density at radius 3 is 2.14 bits per heavy atom. The molecule has 7 nitrogen and oxygen atoms in total. The first-order valence-corrected chi connectivity index (χ1v) is 16.4. The van der Waals surface area contributed by atoms with Gasteiger partial charge in [-0.1, -0.05) is 71.9 Å². The van der Waals surface area contributed by atoms with Crippen LogP contribution in [0.4, 0.5) is 22.1 Å². The minimum absolute atomic E-state index is 0.195. The van der Waals surface area contributed by atoms with Crippen molar-refractivity contribution in [3.63, 3.8) is 0 Å². The van der Waals surface area contributed by atoms with E-state index in [4.69, 9.17) is 17.2 Å². The van der Waals surface area contributed by atoms with E-state index >= 15 is 0 Å². The molecule has 1 amide bonds. The fourth-order valence-electron chi connectivity index (χ4n) is 5.03. The molecule has 0 spiro atoms. The molecule has 0 bridgehead atoms. The highest BCUT2D eigenvalue weighted by Crippen LogP contribution is 2.49. The van der Waals surface area contributed by atoms with Crippen molar-refractivity contribution in [3.05, 3.63) is 90.1 Å². The van der Waals surface area contributed by atoms with Crippen molar-refractivity contribution in [1.82, 2.24) is 18.6 Å². The summed E-state index contributed by atoms with van der Waals surface area (Å²) in [6.07, 6.45) is 1.68. The van der Waals surface area contributed by atoms with Crippen LogP contribution >= 0.6 is 47.0 Å². The zero-order chi connectivity index (χ0) is 29.7. The summed E-state index contributed by atoms with van der Waals surface area (Å²) in [6, 6.07) is 25.6. The maximum atomic E-state index is 12.8. The predicted molar refractivity (Wildman–Crippen MR) is 185 cm³/mol. The maximum Gasteiger partial charge on any atom is 0.284 e. The fraction of sp³-hybridized carbons (Fsp3) is 0.125. The predicted octanol–water partition coefficient (Wildman–Crippen LogP) is 8.96. The van der Waals surface area contributed by atoms with Gasteiger partial charge in [0, 0.05) is 28.7 Å². The number of carbonyl (C=O) groups excluding carboxylic acids is 1. The molecule has 0 aliphatic carbocycles. The number of anilines is 3. The van der Waals surface area contributed by atoms with Gasteiger partial charge in [0.25, 0.3) is 5.91 Å². The highest BCUT2D eigenvalue weighted by atomic mass is 32.2. The van der Waals surface area contributed by atoms with Gasteiger partial charge in [-0.25, -0.2) is 4.99 Å². The van der Waals surface area contributed by atoms with Gasteiger partial charge in [-0.2, -0.15) is 8.75 Å². The quantitative estimate of drug-likeness (QED) is 0.169. The third-order valence-electron chi connectivity index (χ3n) is 7.25. The summed E-state index contributed by atoms with van der Waals surface area (Å²) in [5, 5.41) is 3.61. The van der Waals surface area contributed by atoms with Crippen molar-refractivity contribution in [2.45, 2.75) is 20.8 Å². The van der Waals surface area contributed by atoms with Gasteiger partial charge >= 0.3 is 0 Å². The van der Waals surface area contributed by atoms with Gasteiger partial charge < -0.3 is 4.90 Å². The van der Waals surface area contributed by atoms with E-state index in [2.05, 4.69) is 99.2 Å². The number of aryl methyl sites for hydroxylation is 2. The SMILES string of the molecule is CCN1C(=O)C(=Nc2cnc(-c3sc(N(c4ccc(C)cc4)c4ccc(C)cc4)c4ccccc34)c3nsnc23)SC1=S. The number of hydrogen-bond donors (Lipinski definition) is 0. The van der Waals surface area contributed by atoms with Gasteiger partial charge in [0.2, 0.25) is 0 Å². The van der Waals surface area contributed by atoms with Crippen LogP contribution in [0.25, 0.3) is 32.4 Å². The summed E-state index contributed by atoms with van der Waals surface area (Å²) in [4.78, 5) is 27.2. The largest absolute Gasteiger partial charge is 0.301 e. The normalized spacial score (nSPS) is 14.5. The number of rotatable bonds is 6. The van der Waals surface area contributed by atoms with Gasteiger partial charge in [0.05, 0.1) is 22.8 Å². The third-order valence-corrected chi connectivity index (χ3v) is 10.3. The number of thiophene rings is 1. The average molecular weight is 637 g/mol. The van der Waals surface area contributed by atoms with E-state index in [1.165, 1.54) is 22.9 Å². The number of thiocarbonyl (C=S) groups is 1. The van der Waals surface area contributed by atoms with Crippen LogP contribution < -0.4 is 4.90 Å². The van der Waals surface area contributed by atoms with Crippen molar-refractivity contribution in [2.75, 3.05) is 11.4 Å². The first-order valence-electron chi connectivity index (χ1n) is 13.6. The number of aliphatic imine (C=N–C) groups is 1. The topological polar surface area (TPSA) is 74.6 Å². The van der Waals surface area contributed by atoms with Crippen LogP contribution in [0.1, 0.15) is 18.1 Å². The molecule has 1 aliphatic heterocycles. The summed E-state index contributed by atoms with van der Waals surface area (Å²) < 4.78 is 9.74. The van der Waals surface area contributed by atoms with E-state index in [9.17, 15) is 4.79 Å². The summed E-state index contributed by atoms with van der Waals surface area (Å²) in [6.45, 7) is 6.60. The van der Waals surface area contributed by atoms with E-state index in [-0.39, 0.29) is 5.91 Å². The zero-order valence-electron chi connectivity index (χ0n) is 23.4. The lowest BCUT2D eigenvalue weighted by molar-refractivity contribution is -0.119. The minimum Gasteiger partial charge on any atom is -0.301 e. The van der Waals surface area contributed by atoms with E-state index in [0.29, 0.717) is 32.6 Å². The molecule has 3 aromatic heterocycles. The number of benzene rings is 3. The van der Waals surface area contributed by atoms with Crippen molar-refractivity contribution in [2.24, 2.45) is 4.99 Å². The molecule has 11 heteroatoms. The van der Waals surface area contributed by atoms with Crippen LogP contribution in [0.5, 0.6) is 0 Å². The number of thioether (sulfide) groups is 1. The van der Waals surface area contributed by atoms with Crippen LogP contribution in [-0.4, -0.2) is 40.4 Å². The fourth-order valence-corrected chi connectivity index (χ4v) is 8.18. The maximum absolute atomic E-state index is 12.8. The monoisotopic (exact) mass is 636 g/mol. The molecule has 0 radical (unpaired) electrons. The minimum atomic E-state index is -0.195. The first-order chi connectivity index (χ1) is 20.9. The number of pyridine rings is 1. The lowest BCUT2D eigenvalue weighted by Crippen LogP contribution is -2.29. The summed E-state index contributed by atoms with van der Waals surface area (Å²) >= 11 is 9.36. The van der Waals surface area contributed by atoms with E-state index < -0.39 is 0 Å². The van der Waals surface area contributed by atoms with Crippen LogP contribution in [0.15, 0.2) is 84.0 Å². The number of amides is 1. The second kappa shape index (κ2) is 11.2. The van der Waals surface area contributed by atoms with Gasteiger partial charge in [-0.15, -0.1) is 11.3 Å². The smallest absolute Gasteiger partial charge is 0.284 e. The number of carbonyl (C=O) groups is 1. The molecule has 1 saturated heterocycles. The number of aromatic nitrogens is 3. The second-order valence-electron chi connectivity index (χ2n) is 10.1. The first kappa shape index (κ1) is 27.8. The molecular weight excluding hydrogens is 613 g/mol. The van der Waals surface area contributed by atoms with Crippen molar-refractivity contribution in [1.29, 1.82) is 0 Å².